The average Bonchev–Trinajstić information content (AvgIpc) is 2.56. The number of carbonyl (C=O) groups excluding carboxylic acids is 1. The molecule has 0 aromatic heterocycles. The average molecular weight is 265 g/mol. The van der Waals surface area contributed by atoms with Crippen molar-refractivity contribution in [2.75, 3.05) is 11.4 Å². The van der Waals surface area contributed by atoms with E-state index < -0.39 is 0 Å². The van der Waals surface area contributed by atoms with Gasteiger partial charge in [-0.1, -0.05) is 48.5 Å². The maximum absolute atomic E-state index is 11.2. The maximum Gasteiger partial charge on any atom is 0.123 e. The van der Waals surface area contributed by atoms with Crippen molar-refractivity contribution in [3.05, 3.63) is 66.2 Å². The smallest absolute Gasteiger partial charge is 0.123 e. The number of piperidine rings is 1. The Morgan fingerprint density at radius 3 is 2.25 bits per heavy atom. The number of aldehydes is 1. The minimum Gasteiger partial charge on any atom is -0.364 e. The van der Waals surface area contributed by atoms with E-state index in [0.717, 1.165) is 25.7 Å². The summed E-state index contributed by atoms with van der Waals surface area (Å²) < 4.78 is 0. The van der Waals surface area contributed by atoms with E-state index in [4.69, 9.17) is 0 Å². The number of carbonyl (C=O) groups is 1. The van der Waals surface area contributed by atoms with Gasteiger partial charge in [0.05, 0.1) is 6.04 Å². The van der Waals surface area contributed by atoms with Gasteiger partial charge in [-0.3, -0.25) is 0 Å². The molecule has 1 saturated heterocycles. The summed E-state index contributed by atoms with van der Waals surface area (Å²) in [5.74, 6) is 0.181. The first-order valence-corrected chi connectivity index (χ1v) is 7.20. The number of benzene rings is 2. The SMILES string of the molecule is O=CC1CCN(c2ccccc2)C(c2ccccc2)C1. The summed E-state index contributed by atoms with van der Waals surface area (Å²) in [5, 5.41) is 0. The summed E-state index contributed by atoms with van der Waals surface area (Å²) in [6.07, 6.45) is 2.97. The lowest BCUT2D eigenvalue weighted by molar-refractivity contribution is -0.111. The summed E-state index contributed by atoms with van der Waals surface area (Å²) >= 11 is 0. The van der Waals surface area contributed by atoms with Crippen LogP contribution < -0.4 is 4.90 Å². The van der Waals surface area contributed by atoms with E-state index in [1.54, 1.807) is 0 Å². The van der Waals surface area contributed by atoms with Gasteiger partial charge in [0.2, 0.25) is 0 Å². The van der Waals surface area contributed by atoms with Gasteiger partial charge in [-0.15, -0.1) is 0 Å². The van der Waals surface area contributed by atoms with E-state index in [0.29, 0.717) is 6.04 Å². The van der Waals surface area contributed by atoms with Gasteiger partial charge in [0.15, 0.2) is 0 Å². The van der Waals surface area contributed by atoms with Gasteiger partial charge >= 0.3 is 0 Å². The van der Waals surface area contributed by atoms with Gasteiger partial charge in [0, 0.05) is 18.2 Å². The Balaban J connectivity index is 1.93. The fourth-order valence-electron chi connectivity index (χ4n) is 3.04. The van der Waals surface area contributed by atoms with Crippen LogP contribution in [0, 0.1) is 5.92 Å². The van der Waals surface area contributed by atoms with Crippen LogP contribution in [0.4, 0.5) is 5.69 Å². The predicted octanol–water partition coefficient (Wildman–Crippen LogP) is 3.84. The molecule has 0 amide bonds. The molecule has 2 nitrogen and oxygen atoms in total. The third-order valence-corrected chi connectivity index (χ3v) is 4.11. The van der Waals surface area contributed by atoms with Crippen molar-refractivity contribution in [2.45, 2.75) is 18.9 Å². The molecule has 1 aliphatic heterocycles. The van der Waals surface area contributed by atoms with E-state index >= 15 is 0 Å². The normalized spacial score (nSPS) is 22.5. The van der Waals surface area contributed by atoms with Gasteiger partial charge < -0.3 is 9.69 Å². The quantitative estimate of drug-likeness (QED) is 0.786. The molecule has 0 N–H and O–H groups in total. The first-order valence-electron chi connectivity index (χ1n) is 7.20. The van der Waals surface area contributed by atoms with Crippen molar-refractivity contribution in [2.24, 2.45) is 5.92 Å². The molecule has 3 rings (SSSR count). The number of para-hydroxylation sites is 1. The van der Waals surface area contributed by atoms with Crippen LogP contribution in [0.2, 0.25) is 0 Å². The second-order valence-corrected chi connectivity index (χ2v) is 5.38. The number of anilines is 1. The molecule has 20 heavy (non-hydrogen) atoms. The second-order valence-electron chi connectivity index (χ2n) is 5.38. The summed E-state index contributed by atoms with van der Waals surface area (Å²) in [4.78, 5) is 13.6. The first-order chi connectivity index (χ1) is 9.88. The predicted molar refractivity (Wildman–Crippen MR) is 81.8 cm³/mol. The Bertz CT molecular complexity index is 552. The lowest BCUT2D eigenvalue weighted by Crippen LogP contribution is -2.37. The molecule has 2 aromatic carbocycles. The van der Waals surface area contributed by atoms with Crippen LogP contribution in [-0.4, -0.2) is 12.8 Å². The molecular formula is C18H19NO. The van der Waals surface area contributed by atoms with Gasteiger partial charge in [-0.25, -0.2) is 0 Å². The number of nitrogens with zero attached hydrogens (tertiary/aromatic N) is 1. The van der Waals surface area contributed by atoms with Crippen molar-refractivity contribution in [3.8, 4) is 0 Å². The highest BCUT2D eigenvalue weighted by Crippen LogP contribution is 2.36. The number of hydrogen-bond donors (Lipinski definition) is 0. The fourth-order valence-corrected chi connectivity index (χ4v) is 3.04. The van der Waals surface area contributed by atoms with E-state index in [2.05, 4.69) is 53.4 Å². The van der Waals surface area contributed by atoms with Crippen molar-refractivity contribution in [1.82, 2.24) is 0 Å². The highest BCUT2D eigenvalue weighted by atomic mass is 16.1. The molecule has 0 saturated carbocycles. The van der Waals surface area contributed by atoms with E-state index in [1.807, 2.05) is 12.1 Å². The standard InChI is InChI=1S/C18H19NO/c20-14-15-11-12-19(17-9-5-2-6-10-17)18(13-15)16-7-3-1-4-8-16/h1-10,14-15,18H,11-13H2. The zero-order valence-corrected chi connectivity index (χ0v) is 11.5. The molecule has 1 aliphatic rings. The van der Waals surface area contributed by atoms with Crippen LogP contribution >= 0.6 is 0 Å². The minimum atomic E-state index is 0.181. The highest BCUT2D eigenvalue weighted by Gasteiger charge is 2.29. The van der Waals surface area contributed by atoms with Crippen LogP contribution in [0.15, 0.2) is 60.7 Å². The molecule has 0 spiro atoms. The van der Waals surface area contributed by atoms with Crippen LogP contribution in [0.1, 0.15) is 24.4 Å². The molecule has 1 heterocycles. The monoisotopic (exact) mass is 265 g/mol. The van der Waals surface area contributed by atoms with Gasteiger partial charge in [0.25, 0.3) is 0 Å². The number of hydrogen-bond acceptors (Lipinski definition) is 2. The van der Waals surface area contributed by atoms with Gasteiger partial charge in [-0.05, 0) is 30.5 Å². The summed E-state index contributed by atoms with van der Waals surface area (Å²) in [5.41, 5.74) is 2.54. The maximum atomic E-state index is 11.2. The van der Waals surface area contributed by atoms with E-state index in [1.165, 1.54) is 11.3 Å². The summed E-state index contributed by atoms with van der Waals surface area (Å²) in [6, 6.07) is 21.3. The molecule has 0 bridgehead atoms. The molecule has 2 unspecified atom stereocenters. The van der Waals surface area contributed by atoms with Crippen molar-refractivity contribution in [1.29, 1.82) is 0 Å². The molecular weight excluding hydrogens is 246 g/mol. The largest absolute Gasteiger partial charge is 0.364 e. The lowest BCUT2D eigenvalue weighted by atomic mass is 9.87. The van der Waals surface area contributed by atoms with Crippen LogP contribution in [0.5, 0.6) is 0 Å². The fraction of sp³-hybridized carbons (Fsp3) is 0.278. The zero-order valence-electron chi connectivity index (χ0n) is 11.5. The highest BCUT2D eigenvalue weighted by molar-refractivity contribution is 5.57. The zero-order chi connectivity index (χ0) is 13.8. The first kappa shape index (κ1) is 12.9. The molecule has 2 atom stereocenters. The molecule has 2 aromatic rings. The Kier molecular flexibility index (Phi) is 3.82. The summed E-state index contributed by atoms with van der Waals surface area (Å²) in [7, 11) is 0. The van der Waals surface area contributed by atoms with Crippen LogP contribution in [0.3, 0.4) is 0 Å². The lowest BCUT2D eigenvalue weighted by Gasteiger charge is -2.40. The third kappa shape index (κ3) is 2.60. The molecule has 2 heteroatoms. The molecule has 0 radical (unpaired) electrons. The molecule has 1 fully saturated rings. The van der Waals surface area contributed by atoms with Crippen LogP contribution in [0.25, 0.3) is 0 Å². The van der Waals surface area contributed by atoms with E-state index in [-0.39, 0.29) is 5.92 Å². The Hall–Kier alpha value is -2.09. The second kappa shape index (κ2) is 5.91. The molecule has 102 valence electrons. The topological polar surface area (TPSA) is 20.3 Å². The number of rotatable bonds is 3. The Labute approximate surface area is 120 Å². The Morgan fingerprint density at radius 1 is 0.950 bits per heavy atom. The van der Waals surface area contributed by atoms with Crippen molar-refractivity contribution >= 4 is 12.0 Å². The molecule has 0 aliphatic carbocycles. The van der Waals surface area contributed by atoms with Gasteiger partial charge in [-0.2, -0.15) is 0 Å². The minimum absolute atomic E-state index is 0.181. The van der Waals surface area contributed by atoms with E-state index in [9.17, 15) is 4.79 Å². The Morgan fingerprint density at radius 2 is 1.60 bits per heavy atom. The van der Waals surface area contributed by atoms with Crippen molar-refractivity contribution in [3.63, 3.8) is 0 Å². The third-order valence-electron chi connectivity index (χ3n) is 4.11. The van der Waals surface area contributed by atoms with Crippen molar-refractivity contribution < 1.29 is 4.79 Å². The van der Waals surface area contributed by atoms with Crippen LogP contribution in [-0.2, 0) is 4.79 Å². The van der Waals surface area contributed by atoms with Gasteiger partial charge in [0.1, 0.15) is 6.29 Å². The summed E-state index contributed by atoms with van der Waals surface area (Å²) in [6.45, 7) is 0.937.